The van der Waals surface area contributed by atoms with Crippen LogP contribution in [0.2, 0.25) is 0 Å². The van der Waals surface area contributed by atoms with Crippen molar-refractivity contribution in [2.24, 2.45) is 28.6 Å². The summed E-state index contributed by atoms with van der Waals surface area (Å²) >= 11 is 0. The third kappa shape index (κ3) is 2.07. The van der Waals surface area contributed by atoms with E-state index in [2.05, 4.69) is 32.9 Å². The lowest BCUT2D eigenvalue weighted by Gasteiger charge is -2.57. The zero-order valence-electron chi connectivity index (χ0n) is 14.9. The Kier molecular flexibility index (Phi) is 3.59. The Morgan fingerprint density at radius 1 is 1.09 bits per heavy atom. The van der Waals surface area contributed by atoms with E-state index < -0.39 is 0 Å². The lowest BCUT2D eigenvalue weighted by atomic mass is 9.48. The summed E-state index contributed by atoms with van der Waals surface area (Å²) in [6.45, 7) is 6.97. The third-order valence-electron chi connectivity index (χ3n) is 8.27. The molecule has 7 atom stereocenters. The number of aliphatic hydroxyl groups excluding tert-OH is 2. The highest BCUT2D eigenvalue weighted by Crippen LogP contribution is 2.66. The molecule has 3 saturated carbocycles. The summed E-state index contributed by atoms with van der Waals surface area (Å²) in [6.07, 6.45) is 11.9. The number of fused-ring (bicyclic) bond motifs is 5. The van der Waals surface area contributed by atoms with E-state index in [0.717, 1.165) is 38.0 Å². The van der Waals surface area contributed by atoms with Crippen LogP contribution in [0, 0.1) is 28.6 Å². The highest BCUT2D eigenvalue weighted by atomic mass is 16.3. The summed E-state index contributed by atoms with van der Waals surface area (Å²) in [5, 5.41) is 20.7. The van der Waals surface area contributed by atoms with E-state index in [0.29, 0.717) is 17.3 Å². The zero-order valence-corrected chi connectivity index (χ0v) is 14.9. The van der Waals surface area contributed by atoms with Gasteiger partial charge in [-0.25, -0.2) is 0 Å². The molecular formula is C21H32O2. The zero-order chi connectivity index (χ0) is 16.4. The van der Waals surface area contributed by atoms with Gasteiger partial charge in [0.2, 0.25) is 0 Å². The molecule has 128 valence electrons. The molecule has 4 aliphatic rings. The van der Waals surface area contributed by atoms with Crippen LogP contribution in [-0.4, -0.2) is 22.4 Å². The molecule has 0 aromatic heterocycles. The fourth-order valence-electron chi connectivity index (χ4n) is 7.03. The van der Waals surface area contributed by atoms with E-state index in [1.165, 1.54) is 24.0 Å². The molecule has 3 fully saturated rings. The van der Waals surface area contributed by atoms with E-state index in [4.69, 9.17) is 0 Å². The second kappa shape index (κ2) is 5.20. The quantitative estimate of drug-likeness (QED) is 0.657. The van der Waals surface area contributed by atoms with Crippen LogP contribution in [0.15, 0.2) is 23.3 Å². The number of hydrogen-bond donors (Lipinski definition) is 2. The molecule has 2 heteroatoms. The Hall–Kier alpha value is -0.600. The summed E-state index contributed by atoms with van der Waals surface area (Å²) in [4.78, 5) is 0. The van der Waals surface area contributed by atoms with Gasteiger partial charge in [-0.1, -0.05) is 31.6 Å². The van der Waals surface area contributed by atoms with Gasteiger partial charge in [0.1, 0.15) is 0 Å². The van der Waals surface area contributed by atoms with E-state index >= 15 is 0 Å². The molecule has 4 aliphatic carbocycles. The maximum Gasteiger partial charge on any atom is 0.0758 e. The van der Waals surface area contributed by atoms with Crippen LogP contribution in [0.3, 0.4) is 0 Å². The molecule has 2 N–H and O–H groups in total. The van der Waals surface area contributed by atoms with Gasteiger partial charge in [-0.15, -0.1) is 0 Å². The molecule has 2 nitrogen and oxygen atoms in total. The van der Waals surface area contributed by atoms with Crippen LogP contribution in [0.25, 0.3) is 0 Å². The topological polar surface area (TPSA) is 40.5 Å². The highest BCUT2D eigenvalue weighted by molar-refractivity contribution is 5.31. The molecule has 0 spiro atoms. The predicted molar refractivity (Wildman–Crippen MR) is 92.9 cm³/mol. The molecular weight excluding hydrogens is 284 g/mol. The summed E-state index contributed by atoms with van der Waals surface area (Å²) < 4.78 is 0. The van der Waals surface area contributed by atoms with Crippen LogP contribution in [0.4, 0.5) is 0 Å². The second-order valence-corrected chi connectivity index (χ2v) is 9.11. The lowest BCUT2D eigenvalue weighted by molar-refractivity contribution is -0.0278. The Bertz CT molecular complexity index is 562. The van der Waals surface area contributed by atoms with Gasteiger partial charge in [-0.2, -0.15) is 0 Å². The average Bonchev–Trinajstić information content (AvgIpc) is 2.77. The lowest BCUT2D eigenvalue weighted by Crippen LogP contribution is -2.49. The minimum absolute atomic E-state index is 0.123. The van der Waals surface area contributed by atoms with Crippen LogP contribution < -0.4 is 0 Å². The van der Waals surface area contributed by atoms with Crippen LogP contribution in [0.5, 0.6) is 0 Å². The minimum Gasteiger partial charge on any atom is -0.393 e. The third-order valence-corrected chi connectivity index (χ3v) is 8.27. The number of aliphatic hydroxyl groups is 2. The summed E-state index contributed by atoms with van der Waals surface area (Å²) in [6, 6.07) is 0. The van der Waals surface area contributed by atoms with Crippen LogP contribution in [-0.2, 0) is 0 Å². The summed E-state index contributed by atoms with van der Waals surface area (Å²) in [7, 11) is 0. The van der Waals surface area contributed by atoms with Gasteiger partial charge in [-0.3, -0.25) is 0 Å². The molecule has 7 unspecified atom stereocenters. The fourth-order valence-corrected chi connectivity index (χ4v) is 7.03. The van der Waals surface area contributed by atoms with Gasteiger partial charge in [0.25, 0.3) is 0 Å². The first-order valence-electron chi connectivity index (χ1n) is 9.62. The van der Waals surface area contributed by atoms with Crippen molar-refractivity contribution in [1.29, 1.82) is 0 Å². The Morgan fingerprint density at radius 3 is 2.57 bits per heavy atom. The van der Waals surface area contributed by atoms with Crippen molar-refractivity contribution < 1.29 is 10.2 Å². The highest BCUT2D eigenvalue weighted by Gasteiger charge is 2.58. The predicted octanol–water partition coefficient (Wildman–Crippen LogP) is 4.23. The van der Waals surface area contributed by atoms with E-state index in [9.17, 15) is 10.2 Å². The maximum absolute atomic E-state index is 10.6. The largest absolute Gasteiger partial charge is 0.393 e. The van der Waals surface area contributed by atoms with Crippen molar-refractivity contribution in [3.05, 3.63) is 23.3 Å². The van der Waals surface area contributed by atoms with Crippen LogP contribution in [0.1, 0.15) is 65.7 Å². The fraction of sp³-hybridized carbons (Fsp3) is 0.810. The summed E-state index contributed by atoms with van der Waals surface area (Å²) in [5.74, 6) is 2.09. The van der Waals surface area contributed by atoms with Crippen molar-refractivity contribution in [2.45, 2.75) is 77.9 Å². The smallest absolute Gasteiger partial charge is 0.0758 e. The molecule has 23 heavy (non-hydrogen) atoms. The summed E-state index contributed by atoms with van der Waals surface area (Å²) in [5.41, 5.74) is 3.35. The number of hydrogen-bond acceptors (Lipinski definition) is 2. The van der Waals surface area contributed by atoms with Crippen molar-refractivity contribution in [2.75, 3.05) is 0 Å². The van der Waals surface area contributed by atoms with Gasteiger partial charge in [0, 0.05) is 0 Å². The van der Waals surface area contributed by atoms with E-state index in [1.54, 1.807) is 0 Å². The molecule has 0 heterocycles. The minimum atomic E-state index is -0.222. The normalized spacial score (nSPS) is 54.2. The van der Waals surface area contributed by atoms with Gasteiger partial charge < -0.3 is 10.2 Å². The Balaban J connectivity index is 1.70. The first kappa shape index (κ1) is 15.9. The molecule has 0 bridgehead atoms. The molecule has 0 saturated heterocycles. The van der Waals surface area contributed by atoms with Gasteiger partial charge in [0.05, 0.1) is 12.2 Å². The Labute approximate surface area is 140 Å². The molecule has 0 amide bonds. The monoisotopic (exact) mass is 316 g/mol. The van der Waals surface area contributed by atoms with Gasteiger partial charge >= 0.3 is 0 Å². The first-order valence-corrected chi connectivity index (χ1v) is 9.62. The maximum atomic E-state index is 10.6. The SMILES string of the molecule is CC=C1C(O)CC2C3CC=C4CC(O)CCC4(C)C3CCC12C. The Morgan fingerprint density at radius 2 is 1.83 bits per heavy atom. The molecule has 0 aliphatic heterocycles. The van der Waals surface area contributed by atoms with Gasteiger partial charge in [0.15, 0.2) is 0 Å². The first-order chi connectivity index (χ1) is 10.9. The van der Waals surface area contributed by atoms with Crippen molar-refractivity contribution >= 4 is 0 Å². The van der Waals surface area contributed by atoms with Crippen LogP contribution >= 0.6 is 0 Å². The number of allylic oxidation sites excluding steroid dienone is 2. The van der Waals surface area contributed by atoms with Crippen molar-refractivity contribution in [1.82, 2.24) is 0 Å². The van der Waals surface area contributed by atoms with Crippen molar-refractivity contribution in [3.63, 3.8) is 0 Å². The molecule has 0 aromatic rings. The number of rotatable bonds is 0. The van der Waals surface area contributed by atoms with E-state index in [1.807, 2.05) is 0 Å². The van der Waals surface area contributed by atoms with Gasteiger partial charge in [-0.05, 0) is 86.0 Å². The molecule has 4 rings (SSSR count). The molecule has 0 radical (unpaired) electrons. The second-order valence-electron chi connectivity index (χ2n) is 9.11. The standard InChI is InChI=1S/C21H32O2/c1-4-16-19(23)12-18-15-6-5-13-11-14(22)7-9-20(13,2)17(15)8-10-21(16,18)3/h4-5,14-15,17-19,22-23H,6-12H2,1-3H3. The molecule has 0 aromatic carbocycles. The average molecular weight is 316 g/mol. The van der Waals surface area contributed by atoms with Crippen molar-refractivity contribution in [3.8, 4) is 0 Å². The van der Waals surface area contributed by atoms with E-state index in [-0.39, 0.29) is 17.6 Å².